The predicted molar refractivity (Wildman–Crippen MR) is 145 cm³/mol. The summed E-state index contributed by atoms with van der Waals surface area (Å²) in [5.74, 6) is 0.567. The third-order valence-corrected chi connectivity index (χ3v) is 6.42. The summed E-state index contributed by atoms with van der Waals surface area (Å²) < 4.78 is 11.2. The van der Waals surface area contributed by atoms with E-state index in [1.54, 1.807) is 0 Å². The number of piperazine rings is 1. The van der Waals surface area contributed by atoms with Gasteiger partial charge in [-0.1, -0.05) is 12.1 Å². The number of H-pyrrole nitrogens is 1. The smallest absolute Gasteiger partial charge is 0.408 e. The van der Waals surface area contributed by atoms with Crippen molar-refractivity contribution in [2.45, 2.75) is 45.9 Å². The molecule has 4 N–H and O–H groups in total. The Kier molecular flexibility index (Phi) is 7.92. The second-order valence-corrected chi connectivity index (χ2v) is 10.3. The quantitative estimate of drug-likeness (QED) is 0.447. The maximum Gasteiger partial charge on any atom is 0.408 e. The number of amides is 2. The monoisotopic (exact) mass is 507 g/mol. The molecule has 1 unspecified atom stereocenters. The number of hydrogen-bond acceptors (Lipinski definition) is 6. The first-order chi connectivity index (χ1) is 17.6. The fourth-order valence-electron chi connectivity index (χ4n) is 4.42. The molecule has 37 heavy (non-hydrogen) atoms. The van der Waals surface area contributed by atoms with E-state index in [-0.39, 0.29) is 18.6 Å². The van der Waals surface area contributed by atoms with Gasteiger partial charge in [-0.3, -0.25) is 4.79 Å². The zero-order valence-electron chi connectivity index (χ0n) is 22.0. The fourth-order valence-corrected chi connectivity index (χ4v) is 4.42. The van der Waals surface area contributed by atoms with Gasteiger partial charge in [0.1, 0.15) is 11.4 Å². The topological polar surface area (TPSA) is 113 Å². The lowest BCUT2D eigenvalue weighted by atomic mass is 10.1. The molecule has 0 radical (unpaired) electrons. The minimum atomic E-state index is -0.569. The zero-order chi connectivity index (χ0) is 26.6. The minimum absolute atomic E-state index is 0.0256. The van der Waals surface area contributed by atoms with E-state index in [1.807, 2.05) is 69.1 Å². The van der Waals surface area contributed by atoms with Crippen molar-refractivity contribution in [2.75, 3.05) is 37.7 Å². The number of aromatic nitrogens is 1. The lowest BCUT2D eigenvalue weighted by Crippen LogP contribution is -2.50. The first-order valence-electron chi connectivity index (χ1n) is 12.7. The van der Waals surface area contributed by atoms with Gasteiger partial charge in [0.15, 0.2) is 6.61 Å². The van der Waals surface area contributed by atoms with E-state index in [4.69, 9.17) is 15.2 Å². The van der Waals surface area contributed by atoms with Gasteiger partial charge in [0.2, 0.25) is 0 Å². The van der Waals surface area contributed by atoms with E-state index in [9.17, 15) is 9.59 Å². The summed E-state index contributed by atoms with van der Waals surface area (Å²) in [5, 5.41) is 3.79. The predicted octanol–water partition coefficient (Wildman–Crippen LogP) is 3.94. The molecule has 0 aliphatic carbocycles. The highest BCUT2D eigenvalue weighted by molar-refractivity contribution is 5.86. The highest BCUT2D eigenvalue weighted by atomic mass is 16.6. The summed E-state index contributed by atoms with van der Waals surface area (Å²) in [6, 6.07) is 13.6. The number of nitrogens with two attached hydrogens (primary N) is 1. The molecule has 2 heterocycles. The van der Waals surface area contributed by atoms with Gasteiger partial charge in [-0.25, -0.2) is 4.79 Å². The second-order valence-electron chi connectivity index (χ2n) is 10.3. The van der Waals surface area contributed by atoms with Gasteiger partial charge in [0.25, 0.3) is 5.91 Å². The van der Waals surface area contributed by atoms with Gasteiger partial charge in [0.05, 0.1) is 6.04 Å². The van der Waals surface area contributed by atoms with Crippen molar-refractivity contribution in [1.29, 1.82) is 0 Å². The maximum atomic E-state index is 12.8. The zero-order valence-corrected chi connectivity index (χ0v) is 22.0. The third-order valence-electron chi connectivity index (χ3n) is 6.42. The molecule has 9 heteroatoms. The number of benzene rings is 2. The van der Waals surface area contributed by atoms with Crippen LogP contribution in [0.25, 0.3) is 10.9 Å². The Morgan fingerprint density at radius 2 is 1.78 bits per heavy atom. The van der Waals surface area contributed by atoms with Crippen LogP contribution in [0.2, 0.25) is 0 Å². The molecule has 3 aromatic rings. The largest absolute Gasteiger partial charge is 0.484 e. The molecular formula is C28H37N5O4. The Labute approximate surface area is 217 Å². The second kappa shape index (κ2) is 11.1. The van der Waals surface area contributed by atoms with Crippen molar-refractivity contribution >= 4 is 28.6 Å². The van der Waals surface area contributed by atoms with Crippen molar-refractivity contribution in [3.05, 3.63) is 59.8 Å². The minimum Gasteiger partial charge on any atom is -0.484 e. The Morgan fingerprint density at radius 1 is 1.08 bits per heavy atom. The number of ether oxygens (including phenoxy) is 2. The molecular weight excluding hydrogens is 470 g/mol. The molecule has 1 fully saturated rings. The van der Waals surface area contributed by atoms with E-state index in [2.05, 4.69) is 27.3 Å². The number of carbonyl (C=O) groups is 2. The average molecular weight is 508 g/mol. The standard InChI is InChI=1S/C28H37N5O4/c1-19(31-27(35)37-28(2,3)4)24-17-30-25-10-9-22(15-23(24)25)36-18-26(34)33-13-11-32(12-14-33)21-7-5-20(16-29)6-8-21/h5-10,15,17,19,30H,11-14,16,18,29H2,1-4H3,(H,31,35). The van der Waals surface area contributed by atoms with E-state index < -0.39 is 11.7 Å². The number of nitrogens with one attached hydrogen (secondary N) is 2. The average Bonchev–Trinajstić information content (AvgIpc) is 3.30. The third kappa shape index (κ3) is 6.74. The van der Waals surface area contributed by atoms with Crippen molar-refractivity contribution in [3.8, 4) is 5.75 Å². The highest BCUT2D eigenvalue weighted by Crippen LogP contribution is 2.28. The first kappa shape index (κ1) is 26.3. The molecule has 1 aliphatic heterocycles. The van der Waals surface area contributed by atoms with Crippen molar-refractivity contribution in [1.82, 2.24) is 15.2 Å². The number of fused-ring (bicyclic) bond motifs is 1. The van der Waals surface area contributed by atoms with E-state index in [1.165, 1.54) is 0 Å². The van der Waals surface area contributed by atoms with E-state index in [0.717, 1.165) is 40.8 Å². The Balaban J connectivity index is 1.32. The van der Waals surface area contributed by atoms with Crippen LogP contribution < -0.4 is 20.7 Å². The lowest BCUT2D eigenvalue weighted by Gasteiger charge is -2.36. The molecule has 9 nitrogen and oxygen atoms in total. The summed E-state index contributed by atoms with van der Waals surface area (Å²) >= 11 is 0. The first-order valence-corrected chi connectivity index (χ1v) is 12.7. The van der Waals surface area contributed by atoms with Crippen molar-refractivity contribution in [3.63, 3.8) is 0 Å². The van der Waals surface area contributed by atoms with E-state index in [0.29, 0.717) is 25.4 Å². The Bertz CT molecular complexity index is 1220. The van der Waals surface area contributed by atoms with Gasteiger partial charge in [-0.2, -0.15) is 0 Å². The number of nitrogens with zero attached hydrogens (tertiary/aromatic N) is 2. The molecule has 4 rings (SSSR count). The number of aromatic amines is 1. The van der Waals surface area contributed by atoms with Gasteiger partial charge >= 0.3 is 6.09 Å². The van der Waals surface area contributed by atoms with Crippen LogP contribution in [0.15, 0.2) is 48.7 Å². The van der Waals surface area contributed by atoms with Crippen LogP contribution >= 0.6 is 0 Å². The van der Waals surface area contributed by atoms with Crippen molar-refractivity contribution < 1.29 is 19.1 Å². The lowest BCUT2D eigenvalue weighted by molar-refractivity contribution is -0.133. The number of carbonyl (C=O) groups excluding carboxylic acids is 2. The normalized spacial score (nSPS) is 14.9. The maximum absolute atomic E-state index is 12.8. The van der Waals surface area contributed by atoms with Crippen LogP contribution in [-0.2, 0) is 16.1 Å². The fraction of sp³-hybridized carbons (Fsp3) is 0.429. The van der Waals surface area contributed by atoms with Crippen LogP contribution in [-0.4, -0.2) is 60.3 Å². The molecule has 0 bridgehead atoms. The van der Waals surface area contributed by atoms with Gasteiger partial charge < -0.3 is 35.3 Å². The van der Waals surface area contributed by atoms with E-state index >= 15 is 0 Å². The van der Waals surface area contributed by atoms with Gasteiger partial charge in [-0.05, 0) is 69.2 Å². The molecule has 198 valence electrons. The summed E-state index contributed by atoms with van der Waals surface area (Å²) in [5.41, 5.74) is 9.20. The number of rotatable bonds is 7. The number of hydrogen-bond donors (Lipinski definition) is 3. The highest BCUT2D eigenvalue weighted by Gasteiger charge is 2.23. The van der Waals surface area contributed by atoms with Crippen molar-refractivity contribution in [2.24, 2.45) is 5.73 Å². The molecule has 2 amide bonds. The molecule has 1 saturated heterocycles. The van der Waals surface area contributed by atoms with Gasteiger partial charge in [0, 0.05) is 55.5 Å². The Morgan fingerprint density at radius 3 is 2.43 bits per heavy atom. The van der Waals surface area contributed by atoms with Gasteiger partial charge in [-0.15, -0.1) is 0 Å². The molecule has 1 aliphatic rings. The van der Waals surface area contributed by atoms with Crippen LogP contribution in [0.5, 0.6) is 5.75 Å². The summed E-state index contributed by atoms with van der Waals surface area (Å²) in [4.78, 5) is 32.4. The summed E-state index contributed by atoms with van der Waals surface area (Å²) in [6.45, 7) is 10.7. The Hall–Kier alpha value is -3.72. The summed E-state index contributed by atoms with van der Waals surface area (Å²) in [6.07, 6.45) is 1.39. The molecule has 1 aromatic heterocycles. The van der Waals surface area contributed by atoms with Crippen LogP contribution in [0, 0.1) is 0 Å². The molecule has 0 saturated carbocycles. The number of anilines is 1. The van der Waals surface area contributed by atoms with Crippen LogP contribution in [0.4, 0.5) is 10.5 Å². The summed E-state index contributed by atoms with van der Waals surface area (Å²) in [7, 11) is 0. The SMILES string of the molecule is CC(NC(=O)OC(C)(C)C)c1c[nH]c2ccc(OCC(=O)N3CCN(c4ccc(CN)cc4)CC3)cc12. The molecule has 0 spiro atoms. The molecule has 2 aromatic carbocycles. The number of alkyl carbamates (subject to hydrolysis) is 1. The molecule has 1 atom stereocenters. The van der Waals surface area contributed by atoms with Crippen LogP contribution in [0.3, 0.4) is 0 Å². The van der Waals surface area contributed by atoms with Crippen LogP contribution in [0.1, 0.15) is 44.9 Å².